The van der Waals surface area contributed by atoms with Gasteiger partial charge in [0.25, 0.3) is 0 Å². The Morgan fingerprint density at radius 2 is 1.75 bits per heavy atom. The van der Waals surface area contributed by atoms with Gasteiger partial charge in [-0.1, -0.05) is 31.2 Å². The SMILES string of the molecule is CC/C(=C\C(=C/CN)c1cccnc1)c1cccnc1. The van der Waals surface area contributed by atoms with Crippen LogP contribution in [0.5, 0.6) is 0 Å². The second-order valence-corrected chi connectivity index (χ2v) is 4.40. The number of aromatic nitrogens is 2. The number of hydrogen-bond acceptors (Lipinski definition) is 3. The van der Waals surface area contributed by atoms with Crippen molar-refractivity contribution >= 4 is 11.1 Å². The molecule has 0 aliphatic heterocycles. The molecule has 102 valence electrons. The molecule has 0 bridgehead atoms. The van der Waals surface area contributed by atoms with Gasteiger partial charge in [-0.2, -0.15) is 0 Å². The molecule has 0 spiro atoms. The van der Waals surface area contributed by atoms with Gasteiger partial charge in [0, 0.05) is 31.3 Å². The van der Waals surface area contributed by atoms with Crippen molar-refractivity contribution in [1.82, 2.24) is 9.97 Å². The van der Waals surface area contributed by atoms with Crippen molar-refractivity contribution in [3.8, 4) is 0 Å². The number of hydrogen-bond donors (Lipinski definition) is 1. The molecule has 0 amide bonds. The molecule has 20 heavy (non-hydrogen) atoms. The molecule has 0 unspecified atom stereocenters. The Balaban J connectivity index is 2.40. The zero-order valence-corrected chi connectivity index (χ0v) is 11.7. The average molecular weight is 265 g/mol. The van der Waals surface area contributed by atoms with Gasteiger partial charge < -0.3 is 5.73 Å². The quantitative estimate of drug-likeness (QED) is 0.844. The van der Waals surface area contributed by atoms with Crippen LogP contribution in [0.2, 0.25) is 0 Å². The van der Waals surface area contributed by atoms with Gasteiger partial charge in [-0.05, 0) is 40.8 Å². The third kappa shape index (κ3) is 3.62. The molecule has 0 saturated carbocycles. The molecule has 0 aliphatic rings. The van der Waals surface area contributed by atoms with Crippen LogP contribution in [-0.4, -0.2) is 16.5 Å². The summed E-state index contributed by atoms with van der Waals surface area (Å²) >= 11 is 0. The van der Waals surface area contributed by atoms with E-state index in [1.165, 1.54) is 5.57 Å². The van der Waals surface area contributed by atoms with Crippen LogP contribution < -0.4 is 5.73 Å². The van der Waals surface area contributed by atoms with Gasteiger partial charge in [0.2, 0.25) is 0 Å². The normalized spacial score (nSPS) is 12.5. The van der Waals surface area contributed by atoms with E-state index >= 15 is 0 Å². The Hall–Kier alpha value is -2.26. The Kier molecular flexibility index (Phi) is 5.21. The number of nitrogens with zero attached hydrogens (tertiary/aromatic N) is 2. The van der Waals surface area contributed by atoms with E-state index in [4.69, 9.17) is 5.73 Å². The monoisotopic (exact) mass is 265 g/mol. The summed E-state index contributed by atoms with van der Waals surface area (Å²) in [4.78, 5) is 8.35. The van der Waals surface area contributed by atoms with Gasteiger partial charge in [0.1, 0.15) is 0 Å². The largest absolute Gasteiger partial charge is 0.327 e. The lowest BCUT2D eigenvalue weighted by atomic mass is 9.99. The summed E-state index contributed by atoms with van der Waals surface area (Å²) in [6.45, 7) is 2.65. The van der Waals surface area contributed by atoms with E-state index in [1.54, 1.807) is 12.4 Å². The highest BCUT2D eigenvalue weighted by Gasteiger charge is 2.03. The molecule has 2 heterocycles. The van der Waals surface area contributed by atoms with E-state index in [2.05, 4.69) is 29.0 Å². The van der Waals surface area contributed by atoms with Gasteiger partial charge >= 0.3 is 0 Å². The second kappa shape index (κ2) is 7.36. The molecule has 0 fully saturated rings. The van der Waals surface area contributed by atoms with Gasteiger partial charge in [-0.25, -0.2) is 0 Å². The summed E-state index contributed by atoms with van der Waals surface area (Å²) in [6.07, 6.45) is 12.4. The summed E-state index contributed by atoms with van der Waals surface area (Å²) in [5, 5.41) is 0. The zero-order valence-electron chi connectivity index (χ0n) is 11.7. The molecular weight excluding hydrogens is 246 g/mol. The van der Waals surface area contributed by atoms with E-state index in [9.17, 15) is 0 Å². The maximum absolute atomic E-state index is 5.68. The maximum atomic E-state index is 5.68. The Morgan fingerprint density at radius 3 is 2.25 bits per heavy atom. The standard InChI is InChI=1S/C17H19N3/c1-2-14(16-5-3-9-19-12-16)11-15(7-8-18)17-6-4-10-20-13-17/h3-7,9-13H,2,8,18H2,1H3/b14-11+,15-7+. The van der Waals surface area contributed by atoms with Crippen LogP contribution in [0, 0.1) is 0 Å². The Bertz CT molecular complexity index is 586. The minimum absolute atomic E-state index is 0.505. The molecule has 0 aliphatic carbocycles. The smallest absolute Gasteiger partial charge is 0.0346 e. The van der Waals surface area contributed by atoms with Gasteiger partial charge in [-0.3, -0.25) is 9.97 Å². The third-order valence-electron chi connectivity index (χ3n) is 3.08. The van der Waals surface area contributed by atoms with Gasteiger partial charge in [0.15, 0.2) is 0 Å². The van der Waals surface area contributed by atoms with Crippen molar-refractivity contribution in [2.24, 2.45) is 5.73 Å². The fraction of sp³-hybridized carbons (Fsp3) is 0.176. The van der Waals surface area contributed by atoms with Crippen molar-refractivity contribution in [3.05, 3.63) is 72.3 Å². The predicted molar refractivity (Wildman–Crippen MR) is 83.8 cm³/mol. The lowest BCUT2D eigenvalue weighted by Gasteiger charge is -2.08. The van der Waals surface area contributed by atoms with E-state index in [0.717, 1.165) is 23.1 Å². The first kappa shape index (κ1) is 14.2. The lowest BCUT2D eigenvalue weighted by Crippen LogP contribution is -1.96. The summed E-state index contributed by atoms with van der Waals surface area (Å²) < 4.78 is 0. The lowest BCUT2D eigenvalue weighted by molar-refractivity contribution is 1.21. The van der Waals surface area contributed by atoms with Crippen LogP contribution >= 0.6 is 0 Å². The highest BCUT2D eigenvalue weighted by molar-refractivity contribution is 5.83. The molecule has 2 rings (SSSR count). The highest BCUT2D eigenvalue weighted by Crippen LogP contribution is 2.23. The van der Waals surface area contributed by atoms with Crippen molar-refractivity contribution in [3.63, 3.8) is 0 Å². The minimum atomic E-state index is 0.505. The second-order valence-electron chi connectivity index (χ2n) is 4.40. The molecule has 3 nitrogen and oxygen atoms in total. The predicted octanol–water partition coefficient (Wildman–Crippen LogP) is 3.31. The average Bonchev–Trinajstić information content (AvgIpc) is 2.53. The van der Waals surface area contributed by atoms with Crippen molar-refractivity contribution in [1.29, 1.82) is 0 Å². The summed E-state index contributed by atoms with van der Waals surface area (Å²) in [7, 11) is 0. The molecule has 0 saturated heterocycles. The van der Waals surface area contributed by atoms with E-state index in [0.29, 0.717) is 6.54 Å². The maximum Gasteiger partial charge on any atom is 0.0346 e. The zero-order chi connectivity index (χ0) is 14.2. The van der Waals surface area contributed by atoms with Crippen LogP contribution in [0.1, 0.15) is 24.5 Å². The van der Waals surface area contributed by atoms with Crippen LogP contribution in [0.15, 0.2) is 61.2 Å². The number of nitrogens with two attached hydrogens (primary N) is 1. The first-order valence-corrected chi connectivity index (χ1v) is 6.76. The molecule has 0 atom stereocenters. The van der Waals surface area contributed by atoms with E-state index < -0.39 is 0 Å². The van der Waals surface area contributed by atoms with E-state index in [-0.39, 0.29) is 0 Å². The first-order chi connectivity index (χ1) is 9.85. The van der Waals surface area contributed by atoms with Crippen LogP contribution in [0.3, 0.4) is 0 Å². The molecule has 0 aromatic carbocycles. The topological polar surface area (TPSA) is 51.8 Å². The summed E-state index contributed by atoms with van der Waals surface area (Å²) in [5.74, 6) is 0. The number of allylic oxidation sites excluding steroid dienone is 3. The first-order valence-electron chi connectivity index (χ1n) is 6.76. The molecule has 2 aromatic rings. The summed E-state index contributed by atoms with van der Waals surface area (Å²) in [6, 6.07) is 8.01. The van der Waals surface area contributed by atoms with Gasteiger partial charge in [-0.15, -0.1) is 0 Å². The van der Waals surface area contributed by atoms with Crippen molar-refractivity contribution in [2.75, 3.05) is 6.54 Å². The van der Waals surface area contributed by atoms with Crippen molar-refractivity contribution in [2.45, 2.75) is 13.3 Å². The Morgan fingerprint density at radius 1 is 1.10 bits per heavy atom. The molecule has 3 heteroatoms. The fourth-order valence-corrected chi connectivity index (χ4v) is 2.05. The van der Waals surface area contributed by atoms with Crippen molar-refractivity contribution < 1.29 is 0 Å². The number of pyridine rings is 2. The van der Waals surface area contributed by atoms with Gasteiger partial charge in [0.05, 0.1) is 0 Å². The molecule has 2 N–H and O–H groups in total. The minimum Gasteiger partial charge on any atom is -0.327 e. The Labute approximate surface area is 119 Å². The molecular formula is C17H19N3. The van der Waals surface area contributed by atoms with Crippen LogP contribution in [-0.2, 0) is 0 Å². The van der Waals surface area contributed by atoms with Crippen LogP contribution in [0.4, 0.5) is 0 Å². The van der Waals surface area contributed by atoms with Crippen LogP contribution in [0.25, 0.3) is 11.1 Å². The highest BCUT2D eigenvalue weighted by atomic mass is 14.6. The molecule has 2 aromatic heterocycles. The summed E-state index contributed by atoms with van der Waals surface area (Å²) in [5.41, 5.74) is 10.2. The number of rotatable bonds is 5. The third-order valence-corrected chi connectivity index (χ3v) is 3.08. The molecule has 0 radical (unpaired) electrons. The van der Waals surface area contributed by atoms with E-state index in [1.807, 2.05) is 36.7 Å². The fourth-order valence-electron chi connectivity index (χ4n) is 2.05.